The molecule has 1 aliphatic carbocycles. The molecule has 7 nitrogen and oxygen atoms in total. The molecule has 0 radical (unpaired) electrons. The molecule has 5 N–H and O–H groups in total. The molecule has 4 rings (SSSR count). The zero-order valence-corrected chi connectivity index (χ0v) is 17.5. The van der Waals surface area contributed by atoms with E-state index in [4.69, 9.17) is 10.5 Å². The van der Waals surface area contributed by atoms with Crippen molar-refractivity contribution in [1.82, 2.24) is 15.3 Å². The lowest BCUT2D eigenvalue weighted by Gasteiger charge is -2.29. The second-order valence-corrected chi connectivity index (χ2v) is 7.90. The van der Waals surface area contributed by atoms with Gasteiger partial charge in [-0.3, -0.25) is 0 Å². The summed E-state index contributed by atoms with van der Waals surface area (Å²) in [5.41, 5.74) is 9.83. The number of carbonyl (C=O) groups is 1. The number of hydrogen-bond acceptors (Lipinski definition) is 4. The number of H-pyrrole nitrogens is 1. The van der Waals surface area contributed by atoms with Gasteiger partial charge in [0.15, 0.2) is 0 Å². The largest absolute Gasteiger partial charge is 0.493 e. The highest BCUT2D eigenvalue weighted by atomic mass is 16.5. The Hall–Kier alpha value is -3.32. The molecule has 7 heteroatoms. The quantitative estimate of drug-likeness (QED) is 0.463. The van der Waals surface area contributed by atoms with Crippen molar-refractivity contribution < 1.29 is 9.53 Å². The summed E-state index contributed by atoms with van der Waals surface area (Å²) in [6.45, 7) is 0.550. The van der Waals surface area contributed by atoms with E-state index < -0.39 is 0 Å². The first-order chi connectivity index (χ1) is 15.2. The third-order valence-corrected chi connectivity index (χ3v) is 5.66. The van der Waals surface area contributed by atoms with Crippen LogP contribution in [0, 0.1) is 0 Å². The fourth-order valence-electron chi connectivity index (χ4n) is 3.92. The number of anilines is 1. The van der Waals surface area contributed by atoms with Crippen LogP contribution in [-0.2, 0) is 6.42 Å². The first kappa shape index (κ1) is 20.9. The molecule has 0 bridgehead atoms. The number of rotatable bonds is 7. The first-order valence-electron chi connectivity index (χ1n) is 10.8. The minimum absolute atomic E-state index is 0.0417. The van der Waals surface area contributed by atoms with Crippen LogP contribution in [0.15, 0.2) is 61.1 Å². The lowest BCUT2D eigenvalue weighted by molar-refractivity contribution is 0.240. The van der Waals surface area contributed by atoms with E-state index in [9.17, 15) is 4.79 Å². The van der Waals surface area contributed by atoms with E-state index in [1.165, 1.54) is 0 Å². The third-order valence-electron chi connectivity index (χ3n) is 5.66. The molecule has 2 amide bonds. The van der Waals surface area contributed by atoms with E-state index in [0.717, 1.165) is 60.4 Å². The zero-order valence-electron chi connectivity index (χ0n) is 17.5. The van der Waals surface area contributed by atoms with Crippen LogP contribution in [-0.4, -0.2) is 34.7 Å². The Kier molecular flexibility index (Phi) is 6.84. The average Bonchev–Trinajstić information content (AvgIpc) is 3.32. The molecule has 0 saturated heterocycles. The van der Waals surface area contributed by atoms with E-state index >= 15 is 0 Å². The lowest BCUT2D eigenvalue weighted by Crippen LogP contribution is -2.50. The second kappa shape index (κ2) is 10.1. The van der Waals surface area contributed by atoms with E-state index in [-0.39, 0.29) is 18.1 Å². The maximum absolute atomic E-state index is 12.3. The summed E-state index contributed by atoms with van der Waals surface area (Å²) < 4.78 is 6.01. The van der Waals surface area contributed by atoms with Gasteiger partial charge in [0.25, 0.3) is 0 Å². The van der Waals surface area contributed by atoms with E-state index in [0.29, 0.717) is 6.61 Å². The summed E-state index contributed by atoms with van der Waals surface area (Å²) >= 11 is 0. The van der Waals surface area contributed by atoms with Gasteiger partial charge in [-0.1, -0.05) is 37.1 Å². The maximum atomic E-state index is 12.3. The van der Waals surface area contributed by atoms with Crippen molar-refractivity contribution >= 4 is 11.7 Å². The normalized spacial score (nSPS) is 18.4. The maximum Gasteiger partial charge on any atom is 0.319 e. The van der Waals surface area contributed by atoms with Gasteiger partial charge in [-0.05, 0) is 42.7 Å². The molecule has 162 valence electrons. The highest BCUT2D eigenvalue weighted by Crippen LogP contribution is 2.28. The van der Waals surface area contributed by atoms with Gasteiger partial charge in [0.1, 0.15) is 5.75 Å². The summed E-state index contributed by atoms with van der Waals surface area (Å²) in [6, 6.07) is 15.6. The second-order valence-electron chi connectivity index (χ2n) is 7.90. The Morgan fingerprint density at radius 2 is 1.94 bits per heavy atom. The number of aromatic nitrogens is 2. The molecule has 0 aliphatic heterocycles. The molecule has 1 aromatic heterocycles. The zero-order chi connectivity index (χ0) is 21.5. The molecule has 3 aromatic rings. The van der Waals surface area contributed by atoms with Crippen LogP contribution in [0.4, 0.5) is 10.5 Å². The van der Waals surface area contributed by atoms with Gasteiger partial charge in [-0.2, -0.15) is 0 Å². The van der Waals surface area contributed by atoms with Gasteiger partial charge in [-0.15, -0.1) is 0 Å². The number of benzene rings is 2. The van der Waals surface area contributed by atoms with Crippen LogP contribution < -0.4 is 21.1 Å². The van der Waals surface area contributed by atoms with Gasteiger partial charge in [0.05, 0.1) is 18.6 Å². The number of urea groups is 1. The van der Waals surface area contributed by atoms with Crippen LogP contribution in [0.1, 0.15) is 31.2 Å². The number of hydrogen-bond donors (Lipinski definition) is 4. The van der Waals surface area contributed by atoms with Crippen molar-refractivity contribution in [3.8, 4) is 17.0 Å². The summed E-state index contributed by atoms with van der Waals surface area (Å²) in [7, 11) is 0. The number of para-hydroxylation sites is 1. The molecule has 2 aromatic carbocycles. The molecule has 31 heavy (non-hydrogen) atoms. The number of aromatic amines is 1. The molecular formula is C24H29N5O2. The number of nitrogens with one attached hydrogen (secondary N) is 3. The molecule has 0 spiro atoms. The highest BCUT2D eigenvalue weighted by Gasteiger charge is 2.23. The predicted molar refractivity (Wildman–Crippen MR) is 122 cm³/mol. The first-order valence-corrected chi connectivity index (χ1v) is 10.8. The number of nitrogens with two attached hydrogens (primary N) is 1. The fourth-order valence-corrected chi connectivity index (χ4v) is 3.92. The van der Waals surface area contributed by atoms with Crippen LogP contribution in [0.25, 0.3) is 11.3 Å². The van der Waals surface area contributed by atoms with E-state index in [1.807, 2.05) is 54.7 Å². The Morgan fingerprint density at radius 3 is 2.71 bits per heavy atom. The predicted octanol–water partition coefficient (Wildman–Crippen LogP) is 4.09. The monoisotopic (exact) mass is 419 g/mol. The summed E-state index contributed by atoms with van der Waals surface area (Å²) in [5.74, 6) is 0.811. The molecular weight excluding hydrogens is 390 g/mol. The van der Waals surface area contributed by atoms with E-state index in [2.05, 4.69) is 20.6 Å². The molecule has 1 fully saturated rings. The molecule has 1 heterocycles. The Balaban J connectivity index is 1.26. The Morgan fingerprint density at radius 1 is 1.13 bits per heavy atom. The molecule has 1 aliphatic rings. The van der Waals surface area contributed by atoms with Gasteiger partial charge < -0.3 is 26.1 Å². The van der Waals surface area contributed by atoms with Crippen LogP contribution in [0.2, 0.25) is 0 Å². The van der Waals surface area contributed by atoms with Crippen LogP contribution in [0.5, 0.6) is 5.75 Å². The van der Waals surface area contributed by atoms with Crippen molar-refractivity contribution in [2.45, 2.75) is 44.2 Å². The molecule has 2 unspecified atom stereocenters. The van der Waals surface area contributed by atoms with Crippen molar-refractivity contribution in [1.29, 1.82) is 0 Å². The van der Waals surface area contributed by atoms with Crippen LogP contribution >= 0.6 is 0 Å². The standard InChI is InChI=1S/C24H29N5O2/c25-20-6-2-3-7-21(20)29-24(30)28-18-11-9-17(10-12-18)13-14-31-23-8-4-1-5-19(23)22-15-26-16-27-22/h1,4-5,8-12,15-16,20-21H,2-3,6-7,13-14,25H2,(H,26,27)(H2,28,29,30). The number of carbonyl (C=O) groups excluding carboxylic acids is 1. The SMILES string of the molecule is NC1CCCCC1NC(=O)Nc1ccc(CCOc2ccccc2-c2c[nH]cn2)cc1. The topological polar surface area (TPSA) is 105 Å². The Bertz CT molecular complexity index is 972. The molecule has 2 atom stereocenters. The van der Waals surface area contributed by atoms with Gasteiger partial charge in [0, 0.05) is 36.0 Å². The Labute approximate surface area is 182 Å². The van der Waals surface area contributed by atoms with Gasteiger partial charge in [-0.25, -0.2) is 9.78 Å². The van der Waals surface area contributed by atoms with Gasteiger partial charge in [0.2, 0.25) is 0 Å². The van der Waals surface area contributed by atoms with Crippen LogP contribution in [0.3, 0.4) is 0 Å². The van der Waals surface area contributed by atoms with Crippen molar-refractivity contribution in [3.05, 3.63) is 66.6 Å². The number of ether oxygens (including phenoxy) is 1. The highest BCUT2D eigenvalue weighted by molar-refractivity contribution is 5.89. The van der Waals surface area contributed by atoms with Crippen molar-refractivity contribution in [3.63, 3.8) is 0 Å². The fraction of sp³-hybridized carbons (Fsp3) is 0.333. The average molecular weight is 420 g/mol. The van der Waals surface area contributed by atoms with E-state index in [1.54, 1.807) is 6.33 Å². The van der Waals surface area contributed by atoms with Crippen molar-refractivity contribution in [2.75, 3.05) is 11.9 Å². The summed E-state index contributed by atoms with van der Waals surface area (Å²) in [4.78, 5) is 19.5. The summed E-state index contributed by atoms with van der Waals surface area (Å²) in [6.07, 6.45) is 8.43. The number of amides is 2. The smallest absolute Gasteiger partial charge is 0.319 e. The number of imidazole rings is 1. The molecule has 1 saturated carbocycles. The van der Waals surface area contributed by atoms with Gasteiger partial charge >= 0.3 is 6.03 Å². The lowest BCUT2D eigenvalue weighted by atomic mass is 9.91. The minimum atomic E-state index is -0.201. The number of nitrogens with zero attached hydrogens (tertiary/aromatic N) is 1. The minimum Gasteiger partial charge on any atom is -0.493 e. The third kappa shape index (κ3) is 5.64. The summed E-state index contributed by atoms with van der Waals surface area (Å²) in [5, 5.41) is 5.89. The van der Waals surface area contributed by atoms with Crippen molar-refractivity contribution in [2.24, 2.45) is 5.73 Å².